The van der Waals surface area contributed by atoms with Gasteiger partial charge in [0.2, 0.25) is 17.6 Å². The number of esters is 1. The molecule has 0 spiro atoms. The van der Waals surface area contributed by atoms with E-state index in [9.17, 15) is 28.8 Å². The zero-order chi connectivity index (χ0) is 33.7. The number of hydrogen-bond acceptors (Lipinski definition) is 7. The number of nitrogens with two attached hydrogens (primary N) is 1. The summed E-state index contributed by atoms with van der Waals surface area (Å²) in [5.41, 5.74) is 2.86. The van der Waals surface area contributed by atoms with Gasteiger partial charge in [0, 0.05) is 6.54 Å². The Balaban J connectivity index is 1.83. The summed E-state index contributed by atoms with van der Waals surface area (Å²) in [7, 11) is 0. The maximum absolute atomic E-state index is 14.2. The number of likely N-dealkylation sites (tertiary alicyclic amines) is 1. The maximum Gasteiger partial charge on any atom is 0.329 e. The summed E-state index contributed by atoms with van der Waals surface area (Å²) in [6.45, 7) is 20.4. The number of nitrogens with zero attached hydrogens (tertiary/aromatic N) is 1. The number of Topliss-reactive ketones (excluding diaryl/α,β-unsaturated/α-hetero) is 1. The van der Waals surface area contributed by atoms with Crippen molar-refractivity contribution in [1.29, 1.82) is 0 Å². The van der Waals surface area contributed by atoms with Crippen molar-refractivity contribution in [2.45, 2.75) is 125 Å². The highest BCUT2D eigenvalue weighted by Gasteiger charge is 2.70. The fourth-order valence-corrected chi connectivity index (χ4v) is 6.27. The lowest BCUT2D eigenvalue weighted by molar-refractivity contribution is -0.160. The molecule has 1 saturated heterocycles. The van der Waals surface area contributed by atoms with Gasteiger partial charge in [0.25, 0.3) is 5.91 Å². The monoisotopic (exact) mass is 619 g/mol. The van der Waals surface area contributed by atoms with Crippen molar-refractivity contribution in [1.82, 2.24) is 20.9 Å². The van der Waals surface area contributed by atoms with Gasteiger partial charge in [0.15, 0.2) is 0 Å². The van der Waals surface area contributed by atoms with Crippen molar-refractivity contribution >= 4 is 35.5 Å². The van der Waals surface area contributed by atoms with E-state index < -0.39 is 76.1 Å². The zero-order valence-corrected chi connectivity index (χ0v) is 28.3. The fraction of sp³-hybridized carbons (Fsp3) is 0.812. The second-order valence-corrected chi connectivity index (χ2v) is 16.6. The van der Waals surface area contributed by atoms with E-state index in [1.807, 2.05) is 13.8 Å². The second kappa shape index (κ2) is 12.0. The van der Waals surface area contributed by atoms with Crippen LogP contribution in [0.3, 0.4) is 0 Å². The number of carbonyl (C=O) groups is 6. The number of primary amides is 1. The molecule has 3 aliphatic rings. The first-order chi connectivity index (χ1) is 19.9. The quantitative estimate of drug-likeness (QED) is 0.214. The highest BCUT2D eigenvalue weighted by atomic mass is 16.6. The minimum Gasteiger partial charge on any atom is -0.458 e. The Hall–Kier alpha value is -3.18. The van der Waals surface area contributed by atoms with E-state index >= 15 is 0 Å². The van der Waals surface area contributed by atoms with E-state index in [2.05, 4.69) is 16.0 Å². The highest BCUT2D eigenvalue weighted by Crippen LogP contribution is 2.65. The lowest BCUT2D eigenvalue weighted by Gasteiger charge is -2.38. The third-order valence-corrected chi connectivity index (χ3v) is 9.07. The van der Waals surface area contributed by atoms with E-state index in [-0.39, 0.29) is 23.2 Å². The minimum absolute atomic E-state index is 0.0582. The predicted octanol–water partition coefficient (Wildman–Crippen LogP) is 2.28. The van der Waals surface area contributed by atoms with E-state index in [0.717, 1.165) is 12.8 Å². The van der Waals surface area contributed by atoms with Crippen LogP contribution in [0.4, 0.5) is 4.79 Å². The summed E-state index contributed by atoms with van der Waals surface area (Å²) < 4.78 is 5.54. The lowest BCUT2D eigenvalue weighted by atomic mass is 9.85. The Morgan fingerprint density at radius 2 is 1.39 bits per heavy atom. The number of nitrogens with one attached hydrogen (secondary N) is 3. The minimum atomic E-state index is -1.11. The van der Waals surface area contributed by atoms with Crippen LogP contribution >= 0.6 is 0 Å². The van der Waals surface area contributed by atoms with Crippen LogP contribution in [0.15, 0.2) is 0 Å². The number of urea groups is 1. The van der Waals surface area contributed by atoms with Gasteiger partial charge in [-0.3, -0.25) is 19.2 Å². The van der Waals surface area contributed by atoms with E-state index in [1.165, 1.54) is 4.90 Å². The van der Waals surface area contributed by atoms with Gasteiger partial charge in [-0.25, -0.2) is 9.59 Å². The first-order valence-electron chi connectivity index (χ1n) is 15.6. The average molecular weight is 620 g/mol. The fourth-order valence-electron chi connectivity index (χ4n) is 6.27. The predicted molar refractivity (Wildman–Crippen MR) is 164 cm³/mol. The molecule has 0 bridgehead atoms. The third kappa shape index (κ3) is 8.10. The molecule has 0 aromatic rings. The van der Waals surface area contributed by atoms with E-state index in [4.69, 9.17) is 10.5 Å². The van der Waals surface area contributed by atoms with Crippen LogP contribution in [0.5, 0.6) is 0 Å². The summed E-state index contributed by atoms with van der Waals surface area (Å²) in [5, 5.41) is 8.23. The molecule has 3 fully saturated rings. The highest BCUT2D eigenvalue weighted by molar-refractivity contribution is 6.37. The molecule has 0 aromatic heterocycles. The van der Waals surface area contributed by atoms with Gasteiger partial charge in [-0.05, 0) is 61.2 Å². The Morgan fingerprint density at radius 1 is 0.864 bits per heavy atom. The molecule has 3 rings (SSSR count). The second-order valence-electron chi connectivity index (χ2n) is 16.6. The standard InChI is InChI=1S/C32H53N5O7/c1-29(2,3)22(35-28(43)36-23(30(4,5)6)27(42)44-31(7,8)9)26(41)37-15-17-19(32(17,10)11)20(37)25(40)34-18(14-16-12-13-16)21(38)24(33)39/h16-20,22-23H,12-15H2,1-11H3,(H2,33,39)(H,34,40)(H2,35,36,43)/t17-,18?,19-,20-,22+,23+/m0/s1. The molecule has 1 unspecified atom stereocenters. The van der Waals surface area contributed by atoms with Crippen LogP contribution in [-0.2, 0) is 28.7 Å². The normalized spacial score (nSPS) is 24.7. The van der Waals surface area contributed by atoms with Crippen molar-refractivity contribution in [3.63, 3.8) is 0 Å². The average Bonchev–Trinajstić information content (AvgIpc) is 3.69. The van der Waals surface area contributed by atoms with Crippen molar-refractivity contribution in [3.05, 3.63) is 0 Å². The van der Waals surface area contributed by atoms with Crippen molar-refractivity contribution in [2.24, 2.45) is 39.7 Å². The molecular formula is C32H53N5O7. The number of ether oxygens (including phenoxy) is 1. The zero-order valence-electron chi connectivity index (χ0n) is 28.3. The van der Waals surface area contributed by atoms with Gasteiger partial charge in [0.1, 0.15) is 23.7 Å². The number of fused-ring (bicyclic) bond motifs is 1. The first kappa shape index (κ1) is 35.3. The van der Waals surface area contributed by atoms with Crippen LogP contribution in [0, 0.1) is 34.0 Å². The van der Waals surface area contributed by atoms with Gasteiger partial charge >= 0.3 is 12.0 Å². The van der Waals surface area contributed by atoms with Crippen molar-refractivity contribution < 1.29 is 33.5 Å². The van der Waals surface area contributed by atoms with Crippen LogP contribution in [0.1, 0.15) is 95.4 Å². The number of amides is 5. The molecule has 2 saturated carbocycles. The number of carbonyl (C=O) groups excluding carboxylic acids is 6. The van der Waals surface area contributed by atoms with Gasteiger partial charge in [0.05, 0.1) is 6.04 Å². The van der Waals surface area contributed by atoms with Crippen LogP contribution in [0.2, 0.25) is 0 Å². The van der Waals surface area contributed by atoms with Crippen molar-refractivity contribution in [3.8, 4) is 0 Å². The molecule has 5 amide bonds. The van der Waals surface area contributed by atoms with Crippen LogP contribution in [0.25, 0.3) is 0 Å². The summed E-state index contributed by atoms with van der Waals surface area (Å²) >= 11 is 0. The molecule has 6 atom stereocenters. The van der Waals surface area contributed by atoms with Gasteiger partial charge in [-0.1, -0.05) is 68.2 Å². The van der Waals surface area contributed by atoms with Crippen LogP contribution in [-0.4, -0.2) is 76.7 Å². The number of hydrogen-bond donors (Lipinski definition) is 4. The topological polar surface area (TPSA) is 177 Å². The molecule has 1 heterocycles. The molecule has 1 aliphatic heterocycles. The van der Waals surface area contributed by atoms with E-state index in [1.54, 1.807) is 62.3 Å². The third-order valence-electron chi connectivity index (χ3n) is 9.07. The Kier molecular flexibility index (Phi) is 9.60. The summed E-state index contributed by atoms with van der Waals surface area (Å²) in [5.74, 6) is -3.36. The van der Waals surface area contributed by atoms with Gasteiger partial charge in [-0.2, -0.15) is 0 Å². The molecular weight excluding hydrogens is 566 g/mol. The molecule has 12 nitrogen and oxygen atoms in total. The molecule has 2 aliphatic carbocycles. The van der Waals surface area contributed by atoms with E-state index in [0.29, 0.717) is 13.0 Å². The SMILES string of the molecule is CC(C)(C)OC(=O)[C@@H](NC(=O)N[C@H](C(=O)N1C[C@H]2[C@@H]([C@H]1C(=O)NC(CC1CC1)C(=O)C(N)=O)C2(C)C)C(C)(C)C)C(C)(C)C. The number of ketones is 1. The molecule has 0 aromatic carbocycles. The summed E-state index contributed by atoms with van der Waals surface area (Å²) in [6.07, 6.45) is 2.15. The number of piperidine rings is 1. The maximum atomic E-state index is 14.2. The largest absolute Gasteiger partial charge is 0.458 e. The van der Waals surface area contributed by atoms with Gasteiger partial charge in [-0.15, -0.1) is 0 Å². The number of rotatable bonds is 10. The molecule has 12 heteroatoms. The smallest absolute Gasteiger partial charge is 0.329 e. The Bertz CT molecular complexity index is 1190. The lowest BCUT2D eigenvalue weighted by Crippen LogP contribution is -2.63. The molecule has 248 valence electrons. The summed E-state index contributed by atoms with van der Waals surface area (Å²) in [6, 6.07) is -4.69. The first-order valence-corrected chi connectivity index (χ1v) is 15.6. The van der Waals surface area contributed by atoms with Crippen molar-refractivity contribution in [2.75, 3.05) is 6.54 Å². The molecule has 44 heavy (non-hydrogen) atoms. The Morgan fingerprint density at radius 3 is 1.84 bits per heavy atom. The molecule has 5 N–H and O–H groups in total. The van der Waals surface area contributed by atoms with Crippen LogP contribution < -0.4 is 21.7 Å². The summed E-state index contributed by atoms with van der Waals surface area (Å²) in [4.78, 5) is 80.2. The molecule has 0 radical (unpaired) electrons. The van der Waals surface area contributed by atoms with Gasteiger partial charge < -0.3 is 31.3 Å². The Labute approximate surface area is 261 Å².